The average Bonchev–Trinajstić information content (AvgIpc) is 2.98. The van der Waals surface area contributed by atoms with E-state index in [0.717, 1.165) is 5.56 Å². The second-order valence-electron chi connectivity index (χ2n) is 4.17. The minimum absolute atomic E-state index is 0.0324. The van der Waals surface area contributed by atoms with Crippen LogP contribution in [-0.4, -0.2) is 27.9 Å². The Balaban J connectivity index is 1.84. The average molecular weight is 231 g/mol. The Bertz CT molecular complexity index is 497. The fraction of sp³-hybridized carbons (Fsp3) is 0.333. The largest absolute Gasteiger partial charge is 0.392 e. The lowest BCUT2D eigenvalue weighted by molar-refractivity contribution is 0.191. The molecule has 2 atom stereocenters. The second kappa shape index (κ2) is 4.27. The molecule has 2 aromatic rings. The number of nitrogens with zero attached hydrogens (tertiary/aromatic N) is 2. The molecule has 1 aliphatic heterocycles. The van der Waals surface area contributed by atoms with Crippen molar-refractivity contribution in [2.24, 2.45) is 0 Å². The number of aliphatic hydroxyl groups excluding tert-OH is 1. The van der Waals surface area contributed by atoms with Crippen molar-refractivity contribution in [2.45, 2.75) is 18.6 Å². The number of benzene rings is 1. The lowest BCUT2D eigenvalue weighted by Gasteiger charge is -2.01. The van der Waals surface area contributed by atoms with Crippen molar-refractivity contribution in [3.05, 3.63) is 36.2 Å². The highest BCUT2D eigenvalue weighted by molar-refractivity contribution is 5.53. The van der Waals surface area contributed by atoms with Gasteiger partial charge in [-0.15, -0.1) is 0 Å². The van der Waals surface area contributed by atoms with Crippen LogP contribution < -0.4 is 5.32 Å². The molecule has 2 N–H and O–H groups in total. The van der Waals surface area contributed by atoms with Gasteiger partial charge in [0.15, 0.2) is 0 Å². The van der Waals surface area contributed by atoms with E-state index in [2.05, 4.69) is 15.5 Å². The molecule has 1 aromatic carbocycles. The number of hydrogen-bond donors (Lipinski definition) is 2. The lowest BCUT2D eigenvalue weighted by Crippen LogP contribution is -2.15. The van der Waals surface area contributed by atoms with Crippen LogP contribution in [0.1, 0.15) is 18.4 Å². The zero-order valence-corrected chi connectivity index (χ0v) is 9.21. The first kappa shape index (κ1) is 10.4. The van der Waals surface area contributed by atoms with Gasteiger partial charge >= 0.3 is 0 Å². The Hall–Kier alpha value is -1.72. The third-order valence-electron chi connectivity index (χ3n) is 2.88. The summed E-state index contributed by atoms with van der Waals surface area (Å²) < 4.78 is 5.22. The van der Waals surface area contributed by atoms with Crippen LogP contribution in [0.15, 0.2) is 34.9 Å². The molecule has 5 heteroatoms. The van der Waals surface area contributed by atoms with Crippen LogP contribution in [0, 0.1) is 0 Å². The summed E-state index contributed by atoms with van der Waals surface area (Å²) in [6.45, 7) is 0.577. The Morgan fingerprint density at radius 3 is 2.82 bits per heavy atom. The van der Waals surface area contributed by atoms with Crippen LogP contribution in [0.2, 0.25) is 0 Å². The third-order valence-corrected chi connectivity index (χ3v) is 2.88. The molecule has 3 rings (SSSR count). The summed E-state index contributed by atoms with van der Waals surface area (Å²) >= 11 is 0. The van der Waals surface area contributed by atoms with Crippen molar-refractivity contribution in [1.29, 1.82) is 0 Å². The molecule has 0 bridgehead atoms. The predicted molar refractivity (Wildman–Crippen MR) is 61.1 cm³/mol. The quantitative estimate of drug-likeness (QED) is 0.810. The van der Waals surface area contributed by atoms with Crippen LogP contribution in [-0.2, 0) is 0 Å². The van der Waals surface area contributed by atoms with E-state index < -0.39 is 0 Å². The van der Waals surface area contributed by atoms with Crippen LogP contribution in [0.4, 0.5) is 0 Å². The standard InChI is InChI=1S/C12H13N3O2/c16-9-6-10(13-7-9)12-14-11(15-17-12)8-4-2-1-3-5-8/h1-5,9-10,13,16H,6-7H2/t9-,10+/m1/s1. The highest BCUT2D eigenvalue weighted by Crippen LogP contribution is 2.24. The van der Waals surface area contributed by atoms with Crippen molar-refractivity contribution in [3.63, 3.8) is 0 Å². The van der Waals surface area contributed by atoms with Crippen LogP contribution in [0.25, 0.3) is 11.4 Å². The first-order valence-corrected chi connectivity index (χ1v) is 5.63. The topological polar surface area (TPSA) is 71.2 Å². The van der Waals surface area contributed by atoms with Gasteiger partial charge in [0, 0.05) is 12.1 Å². The van der Waals surface area contributed by atoms with Gasteiger partial charge in [0.1, 0.15) is 0 Å². The molecule has 1 saturated heterocycles. The molecule has 0 radical (unpaired) electrons. The SMILES string of the molecule is O[C@H]1CN[C@H](c2nc(-c3ccccc3)no2)C1. The normalized spacial score (nSPS) is 24.1. The van der Waals surface area contributed by atoms with Crippen molar-refractivity contribution >= 4 is 0 Å². The van der Waals surface area contributed by atoms with Crippen molar-refractivity contribution in [1.82, 2.24) is 15.5 Å². The van der Waals surface area contributed by atoms with Gasteiger partial charge in [-0.2, -0.15) is 4.98 Å². The second-order valence-corrected chi connectivity index (χ2v) is 4.17. The van der Waals surface area contributed by atoms with E-state index in [9.17, 15) is 5.11 Å². The van der Waals surface area contributed by atoms with E-state index >= 15 is 0 Å². The Morgan fingerprint density at radius 1 is 1.29 bits per heavy atom. The van der Waals surface area contributed by atoms with E-state index in [1.165, 1.54) is 0 Å². The zero-order chi connectivity index (χ0) is 11.7. The molecule has 0 saturated carbocycles. The van der Waals surface area contributed by atoms with Crippen molar-refractivity contribution in [2.75, 3.05) is 6.54 Å². The molecule has 88 valence electrons. The minimum atomic E-state index is -0.327. The van der Waals surface area contributed by atoms with E-state index in [1.54, 1.807) is 0 Å². The molecule has 0 spiro atoms. The molecular formula is C12H13N3O2. The molecule has 1 aliphatic rings. The summed E-state index contributed by atoms with van der Waals surface area (Å²) in [6.07, 6.45) is 0.295. The van der Waals surface area contributed by atoms with Gasteiger partial charge in [-0.05, 0) is 6.42 Å². The molecule has 0 aliphatic carbocycles. The maximum atomic E-state index is 9.43. The summed E-state index contributed by atoms with van der Waals surface area (Å²) in [5, 5.41) is 16.5. The summed E-state index contributed by atoms with van der Waals surface area (Å²) in [4.78, 5) is 4.35. The summed E-state index contributed by atoms with van der Waals surface area (Å²) in [7, 11) is 0. The number of nitrogens with one attached hydrogen (secondary N) is 1. The van der Waals surface area contributed by atoms with E-state index in [1.807, 2.05) is 30.3 Å². The number of aliphatic hydroxyl groups is 1. The summed E-state index contributed by atoms with van der Waals surface area (Å²) in [5.74, 6) is 1.13. The molecule has 17 heavy (non-hydrogen) atoms. The predicted octanol–water partition coefficient (Wildman–Crippen LogP) is 1.13. The van der Waals surface area contributed by atoms with Gasteiger partial charge < -0.3 is 14.9 Å². The molecule has 0 unspecified atom stereocenters. The summed E-state index contributed by atoms with van der Waals surface area (Å²) in [5.41, 5.74) is 0.932. The van der Waals surface area contributed by atoms with E-state index in [4.69, 9.17) is 4.52 Å². The molecule has 1 aromatic heterocycles. The molecular weight excluding hydrogens is 218 g/mol. The van der Waals surface area contributed by atoms with E-state index in [-0.39, 0.29) is 12.1 Å². The number of aromatic nitrogens is 2. The van der Waals surface area contributed by atoms with Gasteiger partial charge in [0.25, 0.3) is 0 Å². The Labute approximate surface area is 98.5 Å². The molecule has 5 nitrogen and oxygen atoms in total. The number of β-amino-alcohol motifs (C(OH)–C–C–N with tert-alkyl or cyclic N) is 1. The van der Waals surface area contributed by atoms with Gasteiger partial charge in [-0.3, -0.25) is 0 Å². The maximum absolute atomic E-state index is 9.43. The fourth-order valence-electron chi connectivity index (χ4n) is 1.99. The van der Waals surface area contributed by atoms with Crippen molar-refractivity contribution in [3.8, 4) is 11.4 Å². The van der Waals surface area contributed by atoms with Crippen LogP contribution in [0.3, 0.4) is 0 Å². The fourth-order valence-corrected chi connectivity index (χ4v) is 1.99. The first-order valence-electron chi connectivity index (χ1n) is 5.63. The molecule has 2 heterocycles. The third kappa shape index (κ3) is 2.07. The molecule has 1 fully saturated rings. The van der Waals surface area contributed by atoms with Gasteiger partial charge in [0.2, 0.25) is 11.7 Å². The minimum Gasteiger partial charge on any atom is -0.392 e. The Morgan fingerprint density at radius 2 is 2.12 bits per heavy atom. The van der Waals surface area contributed by atoms with Gasteiger partial charge in [-0.1, -0.05) is 35.5 Å². The lowest BCUT2D eigenvalue weighted by atomic mass is 10.2. The highest BCUT2D eigenvalue weighted by atomic mass is 16.5. The smallest absolute Gasteiger partial charge is 0.244 e. The zero-order valence-electron chi connectivity index (χ0n) is 9.21. The number of hydrogen-bond acceptors (Lipinski definition) is 5. The Kier molecular flexibility index (Phi) is 2.62. The summed E-state index contributed by atoms with van der Waals surface area (Å²) in [6, 6.07) is 9.65. The first-order chi connectivity index (χ1) is 8.33. The number of rotatable bonds is 2. The van der Waals surface area contributed by atoms with E-state index in [0.29, 0.717) is 24.7 Å². The van der Waals surface area contributed by atoms with Crippen molar-refractivity contribution < 1.29 is 9.63 Å². The monoisotopic (exact) mass is 231 g/mol. The maximum Gasteiger partial charge on any atom is 0.244 e. The van der Waals surface area contributed by atoms with Gasteiger partial charge in [-0.25, -0.2) is 0 Å². The molecule has 0 amide bonds. The van der Waals surface area contributed by atoms with Crippen LogP contribution >= 0.6 is 0 Å². The highest BCUT2D eigenvalue weighted by Gasteiger charge is 2.28. The van der Waals surface area contributed by atoms with Crippen LogP contribution in [0.5, 0.6) is 0 Å². The van der Waals surface area contributed by atoms with Gasteiger partial charge in [0.05, 0.1) is 12.1 Å².